The Hall–Kier alpha value is -2.20. The SMILES string of the molecule is CC(C)CC(N)C(=O)N1CCCC1C(=O)N1CCCC1C(=O)NC(CO)C(=O)O. The van der Waals surface area contributed by atoms with Gasteiger partial charge in [-0.3, -0.25) is 14.4 Å². The van der Waals surface area contributed by atoms with Crippen molar-refractivity contribution in [2.45, 2.75) is 70.1 Å². The van der Waals surface area contributed by atoms with Gasteiger partial charge in [0.2, 0.25) is 17.7 Å². The standard InChI is InChI=1S/C19H32N4O6/c1-11(2)9-12(20)17(26)23-8-4-6-15(23)18(27)22-7-3-5-14(22)16(25)21-13(10-24)19(28)29/h11-15,24H,3-10,20H2,1-2H3,(H,21,25)(H,28,29). The molecular weight excluding hydrogens is 380 g/mol. The summed E-state index contributed by atoms with van der Waals surface area (Å²) in [6.07, 6.45) is 2.74. The number of hydrogen-bond acceptors (Lipinski definition) is 6. The minimum atomic E-state index is -1.42. The van der Waals surface area contributed by atoms with Crippen LogP contribution in [0.3, 0.4) is 0 Å². The predicted octanol–water partition coefficient (Wildman–Crippen LogP) is -1.10. The fourth-order valence-corrected chi connectivity index (χ4v) is 4.06. The molecule has 0 bridgehead atoms. The second-order valence-electron chi connectivity index (χ2n) is 8.20. The Morgan fingerprint density at radius 2 is 1.66 bits per heavy atom. The summed E-state index contributed by atoms with van der Waals surface area (Å²) in [5.74, 6) is -2.25. The average molecular weight is 412 g/mol. The van der Waals surface area contributed by atoms with Crippen molar-refractivity contribution >= 4 is 23.7 Å². The first-order chi connectivity index (χ1) is 13.7. The number of aliphatic hydroxyl groups excluding tert-OH is 1. The molecule has 0 aromatic rings. The molecule has 4 unspecified atom stereocenters. The van der Waals surface area contributed by atoms with E-state index in [0.717, 1.165) is 0 Å². The molecule has 2 aliphatic heterocycles. The first-order valence-corrected chi connectivity index (χ1v) is 10.2. The van der Waals surface area contributed by atoms with E-state index in [9.17, 15) is 19.2 Å². The number of aliphatic hydroxyl groups is 1. The number of carboxylic acid groups (broad SMARTS) is 1. The van der Waals surface area contributed by atoms with Crippen LogP contribution in [0.4, 0.5) is 0 Å². The van der Waals surface area contributed by atoms with Crippen LogP contribution in [0.5, 0.6) is 0 Å². The highest BCUT2D eigenvalue weighted by Crippen LogP contribution is 2.26. The third-order valence-electron chi connectivity index (χ3n) is 5.50. The van der Waals surface area contributed by atoms with Crippen LogP contribution in [0, 0.1) is 5.92 Å². The molecule has 3 amide bonds. The summed E-state index contributed by atoms with van der Waals surface area (Å²) in [5.41, 5.74) is 6.03. The molecule has 0 radical (unpaired) electrons. The van der Waals surface area contributed by atoms with E-state index in [0.29, 0.717) is 45.2 Å². The lowest BCUT2D eigenvalue weighted by molar-refractivity contribution is -0.148. The lowest BCUT2D eigenvalue weighted by Gasteiger charge is -2.32. The number of amides is 3. The Kier molecular flexibility index (Phi) is 7.97. The number of rotatable bonds is 8. The zero-order valence-electron chi connectivity index (χ0n) is 17.0. The van der Waals surface area contributed by atoms with Gasteiger partial charge in [-0.15, -0.1) is 0 Å². The van der Waals surface area contributed by atoms with Gasteiger partial charge in [0.1, 0.15) is 18.1 Å². The first kappa shape index (κ1) is 23.1. The van der Waals surface area contributed by atoms with E-state index < -0.39 is 42.7 Å². The summed E-state index contributed by atoms with van der Waals surface area (Å²) in [6.45, 7) is 4.04. The highest BCUT2D eigenvalue weighted by atomic mass is 16.4. The predicted molar refractivity (Wildman–Crippen MR) is 104 cm³/mol. The van der Waals surface area contributed by atoms with Crippen molar-refractivity contribution in [3.8, 4) is 0 Å². The number of nitrogens with two attached hydrogens (primary N) is 1. The van der Waals surface area contributed by atoms with Crippen LogP contribution in [-0.2, 0) is 19.2 Å². The monoisotopic (exact) mass is 412 g/mol. The molecule has 2 aliphatic rings. The molecule has 164 valence electrons. The van der Waals surface area contributed by atoms with Gasteiger partial charge in [-0.05, 0) is 38.0 Å². The Bertz CT molecular complexity index is 640. The normalized spacial score (nSPS) is 23.9. The summed E-state index contributed by atoms with van der Waals surface area (Å²) >= 11 is 0. The lowest BCUT2D eigenvalue weighted by Crippen LogP contribution is -2.56. The van der Waals surface area contributed by atoms with Crippen molar-refractivity contribution in [1.29, 1.82) is 0 Å². The van der Waals surface area contributed by atoms with Crippen LogP contribution >= 0.6 is 0 Å². The summed E-state index contributed by atoms with van der Waals surface area (Å²) in [6, 6.07) is -3.54. The van der Waals surface area contributed by atoms with Crippen LogP contribution in [0.2, 0.25) is 0 Å². The largest absolute Gasteiger partial charge is 0.480 e. The number of nitrogens with zero attached hydrogens (tertiary/aromatic N) is 2. The van der Waals surface area contributed by atoms with E-state index in [4.69, 9.17) is 15.9 Å². The first-order valence-electron chi connectivity index (χ1n) is 10.2. The number of aliphatic carboxylic acids is 1. The van der Waals surface area contributed by atoms with Gasteiger partial charge in [-0.25, -0.2) is 4.79 Å². The molecule has 10 nitrogen and oxygen atoms in total. The number of carbonyl (C=O) groups is 4. The maximum Gasteiger partial charge on any atom is 0.328 e. The smallest absolute Gasteiger partial charge is 0.328 e. The molecule has 0 saturated carbocycles. The molecular formula is C19H32N4O6. The van der Waals surface area contributed by atoms with Gasteiger partial charge in [-0.1, -0.05) is 13.8 Å². The van der Waals surface area contributed by atoms with Gasteiger partial charge >= 0.3 is 5.97 Å². The average Bonchev–Trinajstić information content (AvgIpc) is 3.33. The summed E-state index contributed by atoms with van der Waals surface area (Å²) in [7, 11) is 0. The topological polar surface area (TPSA) is 153 Å². The molecule has 0 aliphatic carbocycles. The van der Waals surface area contributed by atoms with Crippen LogP contribution in [-0.4, -0.2) is 87.6 Å². The van der Waals surface area contributed by atoms with Crippen molar-refractivity contribution in [3.63, 3.8) is 0 Å². The number of likely N-dealkylation sites (tertiary alicyclic amines) is 2. The fraction of sp³-hybridized carbons (Fsp3) is 0.789. The number of nitrogens with one attached hydrogen (secondary N) is 1. The summed E-state index contributed by atoms with van der Waals surface area (Å²) in [4.78, 5) is 52.4. The van der Waals surface area contributed by atoms with Crippen LogP contribution < -0.4 is 11.1 Å². The number of carboxylic acids is 1. The Labute approximate surface area is 170 Å². The molecule has 2 saturated heterocycles. The van der Waals surface area contributed by atoms with Crippen LogP contribution in [0.25, 0.3) is 0 Å². The molecule has 2 fully saturated rings. The second kappa shape index (κ2) is 10.0. The minimum absolute atomic E-state index is 0.249. The molecule has 4 atom stereocenters. The van der Waals surface area contributed by atoms with Crippen molar-refractivity contribution < 1.29 is 29.4 Å². The van der Waals surface area contributed by atoms with E-state index in [2.05, 4.69) is 5.32 Å². The third kappa shape index (κ3) is 5.45. The zero-order chi connectivity index (χ0) is 21.7. The fourth-order valence-electron chi connectivity index (χ4n) is 4.06. The maximum atomic E-state index is 13.2. The van der Waals surface area contributed by atoms with E-state index in [1.54, 1.807) is 0 Å². The molecule has 10 heteroatoms. The molecule has 29 heavy (non-hydrogen) atoms. The number of carbonyl (C=O) groups excluding carboxylic acids is 3. The molecule has 0 aromatic carbocycles. The van der Waals surface area contributed by atoms with E-state index in [1.165, 1.54) is 9.80 Å². The lowest BCUT2D eigenvalue weighted by atomic mass is 10.0. The Morgan fingerprint density at radius 3 is 2.21 bits per heavy atom. The van der Waals surface area contributed by atoms with Gasteiger partial charge in [0.25, 0.3) is 0 Å². The number of hydrogen-bond donors (Lipinski definition) is 4. The van der Waals surface area contributed by atoms with Gasteiger partial charge in [0.15, 0.2) is 0 Å². The van der Waals surface area contributed by atoms with Crippen molar-refractivity contribution in [2.75, 3.05) is 19.7 Å². The highest BCUT2D eigenvalue weighted by molar-refractivity contribution is 5.94. The maximum absolute atomic E-state index is 13.2. The van der Waals surface area contributed by atoms with Crippen LogP contribution in [0.15, 0.2) is 0 Å². The molecule has 2 rings (SSSR count). The molecule has 0 spiro atoms. The third-order valence-corrected chi connectivity index (χ3v) is 5.50. The van der Waals surface area contributed by atoms with Crippen molar-refractivity contribution in [1.82, 2.24) is 15.1 Å². The van der Waals surface area contributed by atoms with Crippen molar-refractivity contribution in [3.05, 3.63) is 0 Å². The summed E-state index contributed by atoms with van der Waals surface area (Å²) < 4.78 is 0. The quantitative estimate of drug-likeness (QED) is 0.395. The zero-order valence-corrected chi connectivity index (χ0v) is 17.0. The van der Waals surface area contributed by atoms with E-state index in [-0.39, 0.29) is 17.7 Å². The second-order valence-corrected chi connectivity index (χ2v) is 8.20. The molecule has 0 aromatic heterocycles. The van der Waals surface area contributed by atoms with Gasteiger partial charge in [-0.2, -0.15) is 0 Å². The van der Waals surface area contributed by atoms with Gasteiger partial charge < -0.3 is 31.1 Å². The minimum Gasteiger partial charge on any atom is -0.480 e. The molecule has 2 heterocycles. The van der Waals surface area contributed by atoms with E-state index >= 15 is 0 Å². The molecule has 5 N–H and O–H groups in total. The van der Waals surface area contributed by atoms with Gasteiger partial charge in [0.05, 0.1) is 12.6 Å². The van der Waals surface area contributed by atoms with Crippen LogP contribution in [0.1, 0.15) is 46.0 Å². The highest BCUT2D eigenvalue weighted by Gasteiger charge is 2.43. The summed E-state index contributed by atoms with van der Waals surface area (Å²) in [5, 5.41) is 20.4. The van der Waals surface area contributed by atoms with Crippen molar-refractivity contribution in [2.24, 2.45) is 11.7 Å². The van der Waals surface area contributed by atoms with Gasteiger partial charge in [0, 0.05) is 13.1 Å². The Morgan fingerprint density at radius 1 is 1.07 bits per heavy atom. The Balaban J connectivity index is 2.08. The van der Waals surface area contributed by atoms with E-state index in [1.807, 2.05) is 13.8 Å².